The van der Waals surface area contributed by atoms with Crippen molar-refractivity contribution in [2.45, 2.75) is 42.7 Å². The fourth-order valence-electron chi connectivity index (χ4n) is 4.31. The van der Waals surface area contributed by atoms with Crippen molar-refractivity contribution < 1.29 is 14.4 Å². The summed E-state index contributed by atoms with van der Waals surface area (Å²) in [6.07, 6.45) is 4.06. The van der Waals surface area contributed by atoms with Gasteiger partial charge in [0.05, 0.1) is 11.3 Å². The number of amides is 3. The Kier molecular flexibility index (Phi) is 6.81. The summed E-state index contributed by atoms with van der Waals surface area (Å²) in [7, 11) is 0. The number of thioether (sulfide) groups is 1. The molecule has 2 unspecified atom stereocenters. The molecule has 0 saturated carbocycles. The number of anilines is 1. The molecule has 0 spiro atoms. The maximum absolute atomic E-state index is 13.4. The van der Waals surface area contributed by atoms with Crippen molar-refractivity contribution in [2.75, 3.05) is 24.7 Å². The number of rotatable bonds is 6. The predicted octanol–water partition coefficient (Wildman–Crippen LogP) is 2.86. The van der Waals surface area contributed by atoms with E-state index in [4.69, 9.17) is 5.73 Å². The summed E-state index contributed by atoms with van der Waals surface area (Å²) in [5.74, 6) is -0.427. The average molecular weight is 453 g/mol. The van der Waals surface area contributed by atoms with Crippen LogP contribution in [0.3, 0.4) is 0 Å². The summed E-state index contributed by atoms with van der Waals surface area (Å²) in [6.45, 7) is 0.887. The Hall–Kier alpha value is -2.84. The van der Waals surface area contributed by atoms with Gasteiger partial charge in [-0.3, -0.25) is 14.4 Å². The van der Waals surface area contributed by atoms with Gasteiger partial charge in [-0.05, 0) is 67.5 Å². The van der Waals surface area contributed by atoms with Crippen LogP contribution in [0.2, 0.25) is 0 Å². The van der Waals surface area contributed by atoms with Gasteiger partial charge in [0.25, 0.3) is 5.91 Å². The van der Waals surface area contributed by atoms with Gasteiger partial charge in [0, 0.05) is 23.9 Å². The molecule has 1 fully saturated rings. The maximum atomic E-state index is 13.4. The number of nitrogens with one attached hydrogen (secondary N) is 2. The zero-order valence-electron chi connectivity index (χ0n) is 18.1. The molecule has 4 rings (SSSR count). The molecule has 168 valence electrons. The van der Waals surface area contributed by atoms with Gasteiger partial charge in [-0.25, -0.2) is 0 Å². The predicted molar refractivity (Wildman–Crippen MR) is 127 cm³/mol. The maximum Gasteiger partial charge on any atom is 0.256 e. The molecule has 2 aliphatic heterocycles. The molecule has 0 aliphatic carbocycles. The highest BCUT2D eigenvalue weighted by Crippen LogP contribution is 2.32. The molecule has 7 nitrogen and oxygen atoms in total. The SMILES string of the molecule is CSc1ccc(-c2ccc3c(c2)C(=O)N2CCC(NC(=O)CCCN)CC2C(=O)N3)cc1. The van der Waals surface area contributed by atoms with Crippen LogP contribution >= 0.6 is 11.8 Å². The summed E-state index contributed by atoms with van der Waals surface area (Å²) in [5.41, 5.74) is 8.45. The minimum absolute atomic E-state index is 0.0605. The van der Waals surface area contributed by atoms with Gasteiger partial charge >= 0.3 is 0 Å². The normalized spacial score (nSPS) is 20.1. The molecule has 2 heterocycles. The lowest BCUT2D eigenvalue weighted by molar-refractivity contribution is -0.125. The monoisotopic (exact) mass is 452 g/mol. The van der Waals surface area contributed by atoms with Gasteiger partial charge in [0.15, 0.2) is 0 Å². The molecule has 4 N–H and O–H groups in total. The number of fused-ring (bicyclic) bond motifs is 2. The number of piperidine rings is 1. The lowest BCUT2D eigenvalue weighted by Crippen LogP contribution is -2.55. The standard InChI is InChI=1S/C24H28N4O3S/c1-32-18-7-4-15(5-8-18)16-6-9-20-19(13-16)24(31)28-12-10-17(14-21(28)23(30)27-20)26-22(29)3-2-11-25/h4-9,13,17,21H,2-3,10-12,14,25H2,1H3,(H,26,29)(H,27,30). The molecule has 32 heavy (non-hydrogen) atoms. The number of nitrogens with zero attached hydrogens (tertiary/aromatic N) is 1. The first kappa shape index (κ1) is 22.4. The molecule has 0 radical (unpaired) electrons. The van der Waals surface area contributed by atoms with Crippen LogP contribution in [0.4, 0.5) is 5.69 Å². The van der Waals surface area contributed by atoms with Crippen molar-refractivity contribution in [1.29, 1.82) is 0 Å². The molecule has 3 amide bonds. The Balaban J connectivity index is 1.54. The summed E-state index contributed by atoms with van der Waals surface area (Å²) >= 11 is 1.68. The third kappa shape index (κ3) is 4.66. The largest absolute Gasteiger partial charge is 0.353 e. The Bertz CT molecular complexity index is 1020. The second-order valence-electron chi connectivity index (χ2n) is 8.17. The molecule has 0 aromatic heterocycles. The van der Waals surface area contributed by atoms with Crippen LogP contribution in [0.1, 0.15) is 36.0 Å². The van der Waals surface area contributed by atoms with Crippen molar-refractivity contribution in [3.05, 3.63) is 48.0 Å². The molecule has 1 saturated heterocycles. The minimum Gasteiger partial charge on any atom is -0.353 e. The summed E-state index contributed by atoms with van der Waals surface area (Å²) in [6, 6.07) is 13.0. The second-order valence-corrected chi connectivity index (χ2v) is 9.05. The molecule has 2 aromatic rings. The van der Waals surface area contributed by atoms with Gasteiger partial charge in [-0.2, -0.15) is 0 Å². The van der Waals surface area contributed by atoms with E-state index in [0.29, 0.717) is 50.0 Å². The summed E-state index contributed by atoms with van der Waals surface area (Å²) in [4.78, 5) is 41.3. The Morgan fingerprint density at radius 3 is 2.66 bits per heavy atom. The highest BCUT2D eigenvalue weighted by Gasteiger charge is 2.40. The van der Waals surface area contributed by atoms with E-state index in [1.165, 1.54) is 4.90 Å². The number of benzene rings is 2. The molecular formula is C24H28N4O3S. The number of nitrogens with two attached hydrogens (primary N) is 1. The number of hydrogen-bond donors (Lipinski definition) is 3. The zero-order valence-corrected chi connectivity index (χ0v) is 18.9. The molecule has 8 heteroatoms. The molecule has 2 atom stereocenters. The molecular weight excluding hydrogens is 424 g/mol. The van der Waals surface area contributed by atoms with E-state index in [-0.39, 0.29) is 23.8 Å². The number of carbonyl (C=O) groups is 3. The summed E-state index contributed by atoms with van der Waals surface area (Å²) < 4.78 is 0. The topological polar surface area (TPSA) is 105 Å². The van der Waals surface area contributed by atoms with E-state index < -0.39 is 6.04 Å². The smallest absolute Gasteiger partial charge is 0.256 e. The minimum atomic E-state index is -0.604. The lowest BCUT2D eigenvalue weighted by atomic mass is 9.95. The van der Waals surface area contributed by atoms with Crippen molar-refractivity contribution in [1.82, 2.24) is 10.2 Å². The van der Waals surface area contributed by atoms with Crippen molar-refractivity contribution in [3.63, 3.8) is 0 Å². The van der Waals surface area contributed by atoms with E-state index in [2.05, 4.69) is 22.8 Å². The van der Waals surface area contributed by atoms with Crippen molar-refractivity contribution in [3.8, 4) is 11.1 Å². The second kappa shape index (κ2) is 9.75. The van der Waals surface area contributed by atoms with E-state index in [1.807, 2.05) is 30.5 Å². The Morgan fingerprint density at radius 2 is 1.94 bits per heavy atom. The third-order valence-corrected chi connectivity index (χ3v) is 6.81. The van der Waals surface area contributed by atoms with E-state index in [0.717, 1.165) is 11.1 Å². The zero-order chi connectivity index (χ0) is 22.7. The van der Waals surface area contributed by atoms with Gasteiger partial charge in [0.2, 0.25) is 11.8 Å². The lowest BCUT2D eigenvalue weighted by Gasteiger charge is -2.37. The van der Waals surface area contributed by atoms with Crippen molar-refractivity contribution >= 4 is 35.2 Å². The third-order valence-electron chi connectivity index (χ3n) is 6.07. The molecule has 2 aromatic carbocycles. The van der Waals surface area contributed by atoms with Gasteiger partial charge < -0.3 is 21.3 Å². The first-order valence-corrected chi connectivity index (χ1v) is 12.1. The first-order chi connectivity index (χ1) is 15.5. The van der Waals surface area contributed by atoms with Gasteiger partial charge in [0.1, 0.15) is 6.04 Å². The molecule has 2 aliphatic rings. The van der Waals surface area contributed by atoms with Crippen LogP contribution in [-0.4, -0.2) is 54.1 Å². The summed E-state index contributed by atoms with van der Waals surface area (Å²) in [5, 5.41) is 5.91. The van der Waals surface area contributed by atoms with E-state index in [9.17, 15) is 14.4 Å². The van der Waals surface area contributed by atoms with Gasteiger partial charge in [-0.1, -0.05) is 18.2 Å². The quantitative estimate of drug-likeness (QED) is 0.585. The highest BCUT2D eigenvalue weighted by atomic mass is 32.2. The first-order valence-electron chi connectivity index (χ1n) is 10.9. The van der Waals surface area contributed by atoms with Crippen LogP contribution in [0.15, 0.2) is 47.4 Å². The van der Waals surface area contributed by atoms with Crippen LogP contribution in [0.5, 0.6) is 0 Å². The van der Waals surface area contributed by atoms with E-state index in [1.54, 1.807) is 22.7 Å². The van der Waals surface area contributed by atoms with E-state index >= 15 is 0 Å². The van der Waals surface area contributed by atoms with Crippen LogP contribution in [0, 0.1) is 0 Å². The number of hydrogen-bond acceptors (Lipinski definition) is 5. The van der Waals surface area contributed by atoms with Gasteiger partial charge in [-0.15, -0.1) is 11.8 Å². The molecule has 0 bridgehead atoms. The number of carbonyl (C=O) groups excluding carboxylic acids is 3. The van der Waals surface area contributed by atoms with Crippen LogP contribution in [-0.2, 0) is 9.59 Å². The fourth-order valence-corrected chi connectivity index (χ4v) is 4.72. The Morgan fingerprint density at radius 1 is 1.19 bits per heavy atom. The highest BCUT2D eigenvalue weighted by molar-refractivity contribution is 7.98. The fraction of sp³-hybridized carbons (Fsp3) is 0.375. The Labute approximate surface area is 192 Å². The van der Waals surface area contributed by atoms with Crippen molar-refractivity contribution in [2.24, 2.45) is 5.73 Å². The van der Waals surface area contributed by atoms with Crippen LogP contribution < -0.4 is 16.4 Å². The average Bonchev–Trinajstić information content (AvgIpc) is 2.92. The van der Waals surface area contributed by atoms with Crippen LogP contribution in [0.25, 0.3) is 11.1 Å².